The molecule has 150 valence electrons. The first kappa shape index (κ1) is 20.9. The van der Waals surface area contributed by atoms with Crippen LogP contribution in [0.15, 0.2) is 35.4 Å². The minimum absolute atomic E-state index is 0.123. The van der Waals surface area contributed by atoms with E-state index in [1.165, 1.54) is 18.9 Å². The molecule has 0 bridgehead atoms. The van der Waals surface area contributed by atoms with Gasteiger partial charge in [0.05, 0.1) is 7.11 Å². The van der Waals surface area contributed by atoms with Crippen LogP contribution < -0.4 is 10.1 Å². The lowest BCUT2D eigenvalue weighted by atomic mass is 10.2. The van der Waals surface area contributed by atoms with Crippen molar-refractivity contribution in [3.63, 3.8) is 0 Å². The molecule has 8 heteroatoms. The molecule has 0 spiro atoms. The van der Waals surface area contributed by atoms with Crippen molar-refractivity contribution in [1.29, 1.82) is 0 Å². The average Bonchev–Trinajstić information content (AvgIpc) is 3.19. The fourth-order valence-corrected chi connectivity index (χ4v) is 4.43. The molecule has 1 saturated heterocycles. The number of nitrogens with one attached hydrogen (secondary N) is 1. The van der Waals surface area contributed by atoms with E-state index < -0.39 is 0 Å². The normalized spacial score (nSPS) is 16.9. The summed E-state index contributed by atoms with van der Waals surface area (Å²) in [5.74, 6) is 0.586. The SMILES string of the molecule is CCN1CCCC1CNC(=O)c1nc(Cl)c(SCc2ccccc2)nc1OC. The standard InChI is InChI=1S/C20H25ClN4O2S/c1-3-25-11-7-10-15(25)12-22-18(26)16-19(27-2)24-20(17(21)23-16)28-13-14-8-5-4-6-9-14/h4-6,8-9,15H,3,7,10-13H2,1-2H3,(H,22,26). The summed E-state index contributed by atoms with van der Waals surface area (Å²) in [6.07, 6.45) is 2.25. The van der Waals surface area contributed by atoms with E-state index >= 15 is 0 Å². The van der Waals surface area contributed by atoms with E-state index in [-0.39, 0.29) is 22.6 Å². The number of carbonyl (C=O) groups excluding carboxylic acids is 1. The number of thioether (sulfide) groups is 1. The number of rotatable bonds is 8. The predicted molar refractivity (Wildman–Crippen MR) is 112 cm³/mol. The molecule has 1 atom stereocenters. The molecule has 2 heterocycles. The summed E-state index contributed by atoms with van der Waals surface area (Å²) in [6, 6.07) is 10.4. The van der Waals surface area contributed by atoms with Gasteiger partial charge in [0, 0.05) is 18.3 Å². The molecule has 0 radical (unpaired) electrons. The summed E-state index contributed by atoms with van der Waals surface area (Å²) in [4.78, 5) is 23.7. The van der Waals surface area contributed by atoms with Gasteiger partial charge in [-0.25, -0.2) is 9.97 Å². The quantitative estimate of drug-likeness (QED) is 0.657. The molecule has 0 saturated carbocycles. The molecule has 3 rings (SSSR count). The molecule has 6 nitrogen and oxygen atoms in total. The van der Waals surface area contributed by atoms with Crippen LogP contribution in [0.25, 0.3) is 0 Å². The summed E-state index contributed by atoms with van der Waals surface area (Å²) in [6.45, 7) is 4.79. The molecule has 1 fully saturated rings. The maximum Gasteiger partial charge on any atom is 0.275 e. The third-order valence-electron chi connectivity index (χ3n) is 4.82. The highest BCUT2D eigenvalue weighted by atomic mass is 35.5. The first-order chi connectivity index (χ1) is 13.6. The van der Waals surface area contributed by atoms with Crippen molar-refractivity contribution in [3.8, 4) is 5.88 Å². The Labute approximate surface area is 175 Å². The molecular formula is C20H25ClN4O2S. The topological polar surface area (TPSA) is 67.4 Å². The number of aromatic nitrogens is 2. The van der Waals surface area contributed by atoms with Gasteiger partial charge in [-0.3, -0.25) is 9.69 Å². The fourth-order valence-electron chi connectivity index (χ4n) is 3.33. The number of likely N-dealkylation sites (N-methyl/N-ethyl adjacent to an activating group) is 1. The first-order valence-electron chi connectivity index (χ1n) is 9.42. The predicted octanol–water partition coefficient (Wildman–Crippen LogP) is 3.65. The van der Waals surface area contributed by atoms with Crippen LogP contribution in [0.4, 0.5) is 0 Å². The van der Waals surface area contributed by atoms with E-state index in [9.17, 15) is 4.79 Å². The fraction of sp³-hybridized carbons (Fsp3) is 0.450. The minimum Gasteiger partial charge on any atom is -0.479 e. The van der Waals surface area contributed by atoms with E-state index in [4.69, 9.17) is 16.3 Å². The number of hydrogen-bond donors (Lipinski definition) is 1. The Bertz CT molecular complexity index is 806. The lowest BCUT2D eigenvalue weighted by Gasteiger charge is -2.22. The second-order valence-corrected chi connectivity index (χ2v) is 7.91. The zero-order valence-corrected chi connectivity index (χ0v) is 17.7. The molecule has 1 N–H and O–H groups in total. The molecule has 1 aliphatic rings. The molecule has 1 amide bonds. The molecule has 1 unspecified atom stereocenters. The number of ether oxygens (including phenoxy) is 1. The number of amides is 1. The van der Waals surface area contributed by atoms with Crippen molar-refractivity contribution < 1.29 is 9.53 Å². The summed E-state index contributed by atoms with van der Waals surface area (Å²) < 4.78 is 5.31. The van der Waals surface area contributed by atoms with Crippen LogP contribution >= 0.6 is 23.4 Å². The van der Waals surface area contributed by atoms with Crippen molar-refractivity contribution in [2.45, 2.75) is 36.6 Å². The monoisotopic (exact) mass is 420 g/mol. The van der Waals surface area contributed by atoms with Gasteiger partial charge in [0.2, 0.25) is 5.88 Å². The van der Waals surface area contributed by atoms with Crippen molar-refractivity contribution in [1.82, 2.24) is 20.2 Å². The largest absolute Gasteiger partial charge is 0.479 e. The Hall–Kier alpha value is -1.83. The lowest BCUT2D eigenvalue weighted by molar-refractivity contribution is 0.0932. The van der Waals surface area contributed by atoms with Crippen LogP contribution in [0.1, 0.15) is 35.8 Å². The maximum atomic E-state index is 12.6. The average molecular weight is 421 g/mol. The van der Waals surface area contributed by atoms with Crippen molar-refractivity contribution in [2.75, 3.05) is 26.7 Å². The van der Waals surface area contributed by atoms with Gasteiger partial charge in [-0.05, 0) is 31.5 Å². The maximum absolute atomic E-state index is 12.6. The summed E-state index contributed by atoms with van der Waals surface area (Å²) in [5, 5.41) is 3.71. The second kappa shape index (κ2) is 10.1. The van der Waals surface area contributed by atoms with Gasteiger partial charge in [0.1, 0.15) is 5.03 Å². The lowest BCUT2D eigenvalue weighted by Crippen LogP contribution is -2.40. The summed E-state index contributed by atoms with van der Waals surface area (Å²) in [7, 11) is 1.48. The number of likely N-dealkylation sites (tertiary alicyclic amines) is 1. The Morgan fingerprint density at radius 1 is 1.36 bits per heavy atom. The first-order valence-corrected chi connectivity index (χ1v) is 10.8. The van der Waals surface area contributed by atoms with Gasteiger partial charge in [0.25, 0.3) is 5.91 Å². The molecule has 1 aromatic carbocycles. The molecule has 2 aromatic rings. The van der Waals surface area contributed by atoms with Crippen LogP contribution in [0.5, 0.6) is 5.88 Å². The van der Waals surface area contributed by atoms with Crippen molar-refractivity contribution >= 4 is 29.3 Å². The molecule has 1 aromatic heterocycles. The van der Waals surface area contributed by atoms with Crippen molar-refractivity contribution in [2.24, 2.45) is 0 Å². The van der Waals surface area contributed by atoms with Gasteiger partial charge in [-0.2, -0.15) is 0 Å². The molecule has 0 aliphatic carbocycles. The number of nitrogens with zero attached hydrogens (tertiary/aromatic N) is 3. The summed E-state index contributed by atoms with van der Waals surface area (Å²) >= 11 is 7.77. The molecule has 28 heavy (non-hydrogen) atoms. The van der Waals surface area contributed by atoms with Gasteiger partial charge in [-0.1, -0.05) is 60.6 Å². The van der Waals surface area contributed by atoms with Gasteiger partial charge < -0.3 is 10.1 Å². The van der Waals surface area contributed by atoms with E-state index in [0.717, 1.165) is 31.5 Å². The smallest absolute Gasteiger partial charge is 0.275 e. The number of benzene rings is 1. The molecular weight excluding hydrogens is 396 g/mol. The highest BCUT2D eigenvalue weighted by Crippen LogP contribution is 2.30. The Morgan fingerprint density at radius 2 is 2.14 bits per heavy atom. The van der Waals surface area contributed by atoms with Crippen LogP contribution in [-0.4, -0.2) is 53.6 Å². The number of methoxy groups -OCH3 is 1. The third-order valence-corrected chi connectivity index (χ3v) is 6.23. The molecule has 1 aliphatic heterocycles. The Balaban J connectivity index is 1.67. The van der Waals surface area contributed by atoms with Crippen LogP contribution in [-0.2, 0) is 5.75 Å². The second-order valence-electron chi connectivity index (χ2n) is 6.59. The zero-order chi connectivity index (χ0) is 19.9. The number of hydrogen-bond acceptors (Lipinski definition) is 6. The number of halogens is 1. The van der Waals surface area contributed by atoms with Gasteiger partial charge in [0.15, 0.2) is 10.8 Å². The third kappa shape index (κ3) is 5.16. The Kier molecular flexibility index (Phi) is 7.53. The van der Waals surface area contributed by atoms with Gasteiger partial charge in [-0.15, -0.1) is 0 Å². The van der Waals surface area contributed by atoms with E-state index in [1.807, 2.05) is 30.3 Å². The highest BCUT2D eigenvalue weighted by molar-refractivity contribution is 7.98. The van der Waals surface area contributed by atoms with Crippen LogP contribution in [0.2, 0.25) is 5.15 Å². The summed E-state index contributed by atoms with van der Waals surface area (Å²) in [5.41, 5.74) is 1.28. The minimum atomic E-state index is -0.311. The van der Waals surface area contributed by atoms with Crippen LogP contribution in [0, 0.1) is 0 Å². The van der Waals surface area contributed by atoms with E-state index in [2.05, 4.69) is 27.1 Å². The zero-order valence-electron chi connectivity index (χ0n) is 16.2. The van der Waals surface area contributed by atoms with Crippen molar-refractivity contribution in [3.05, 3.63) is 46.7 Å². The van der Waals surface area contributed by atoms with E-state index in [0.29, 0.717) is 23.4 Å². The highest BCUT2D eigenvalue weighted by Gasteiger charge is 2.25. The Morgan fingerprint density at radius 3 is 2.86 bits per heavy atom. The van der Waals surface area contributed by atoms with E-state index in [1.54, 1.807) is 0 Å². The van der Waals surface area contributed by atoms with Crippen LogP contribution in [0.3, 0.4) is 0 Å². The number of carbonyl (C=O) groups is 1. The van der Waals surface area contributed by atoms with Gasteiger partial charge >= 0.3 is 0 Å².